The van der Waals surface area contributed by atoms with E-state index in [1.165, 1.54) is 14.1 Å². The molecule has 2 aromatic rings. The number of rotatable bonds is 5. The molecule has 178 valence electrons. The van der Waals surface area contributed by atoms with E-state index in [4.69, 9.17) is 0 Å². The highest BCUT2D eigenvalue weighted by Crippen LogP contribution is 2.38. The number of imidazole rings is 1. The van der Waals surface area contributed by atoms with Gasteiger partial charge in [0.25, 0.3) is 0 Å². The van der Waals surface area contributed by atoms with Gasteiger partial charge in [-0.3, -0.25) is 9.13 Å². The smallest absolute Gasteiger partial charge is 0.295 e. The Morgan fingerprint density at radius 1 is 1.19 bits per heavy atom. The maximum atomic E-state index is 14.8. The van der Waals surface area contributed by atoms with Gasteiger partial charge in [0.1, 0.15) is 29.6 Å². The Labute approximate surface area is 180 Å². The molecule has 4 rings (SSSR count). The maximum Gasteiger partial charge on any atom is 0.405 e. The van der Waals surface area contributed by atoms with Gasteiger partial charge in [0.2, 0.25) is 10.0 Å². The highest BCUT2D eigenvalue weighted by molar-refractivity contribution is 7.89. The third-order valence-corrected chi connectivity index (χ3v) is 7.70. The van der Waals surface area contributed by atoms with Crippen molar-refractivity contribution >= 4 is 21.1 Å². The van der Waals surface area contributed by atoms with Gasteiger partial charge in [-0.15, -0.1) is 0 Å². The van der Waals surface area contributed by atoms with E-state index in [2.05, 4.69) is 10.1 Å². The third kappa shape index (κ3) is 3.82. The van der Waals surface area contributed by atoms with Gasteiger partial charge < -0.3 is 0 Å². The molecule has 0 amide bonds. The average Bonchev–Trinajstić information content (AvgIpc) is 3.42. The van der Waals surface area contributed by atoms with Crippen LogP contribution in [0.25, 0.3) is 11.0 Å². The molecular weight excluding hydrogens is 461 g/mol. The molecule has 32 heavy (non-hydrogen) atoms. The molecule has 0 spiro atoms. The molecule has 2 atom stereocenters. The van der Waals surface area contributed by atoms with Crippen molar-refractivity contribution in [1.29, 1.82) is 0 Å². The van der Waals surface area contributed by atoms with E-state index in [0.717, 1.165) is 26.3 Å². The molecule has 14 heteroatoms. The monoisotopic (exact) mass is 483 g/mol. The van der Waals surface area contributed by atoms with Crippen LogP contribution in [0.3, 0.4) is 0 Å². The number of aromatic nitrogens is 2. The largest absolute Gasteiger partial charge is 0.405 e. The van der Waals surface area contributed by atoms with Gasteiger partial charge in [0.05, 0.1) is 16.6 Å². The van der Waals surface area contributed by atoms with Gasteiger partial charge in [0, 0.05) is 20.2 Å². The zero-order valence-corrected chi connectivity index (χ0v) is 18.0. The van der Waals surface area contributed by atoms with Gasteiger partial charge in [0.15, 0.2) is 0 Å². The Bertz CT molecular complexity index is 1220. The Hall–Kier alpha value is -2.03. The number of nitrogens with zero attached hydrogens (tertiary/aromatic N) is 3. The Morgan fingerprint density at radius 3 is 2.38 bits per heavy atom. The van der Waals surface area contributed by atoms with Crippen molar-refractivity contribution in [2.24, 2.45) is 7.05 Å². The second-order valence-corrected chi connectivity index (χ2v) is 10.0. The topological polar surface area (TPSA) is 88.4 Å². The number of fused-ring (bicyclic) bond motifs is 1. The number of nitrogens with one attached hydrogen (secondary N) is 2. The highest BCUT2D eigenvalue weighted by Gasteiger charge is 2.47. The zero-order chi connectivity index (χ0) is 23.6. The number of hydrogen-bond acceptors (Lipinski definition) is 5. The number of alkyl halides is 4. The summed E-state index contributed by atoms with van der Waals surface area (Å²) < 4.78 is 97.1. The van der Waals surface area contributed by atoms with Crippen molar-refractivity contribution in [2.45, 2.75) is 54.5 Å². The number of aryl methyl sites for hydroxylation is 1. The fourth-order valence-electron chi connectivity index (χ4n) is 4.05. The first-order valence-electron chi connectivity index (χ1n) is 9.86. The van der Waals surface area contributed by atoms with Crippen LogP contribution in [0.2, 0.25) is 0 Å². The molecule has 1 aliphatic heterocycles. The van der Waals surface area contributed by atoms with Crippen LogP contribution < -0.4 is 15.8 Å². The molecule has 2 heterocycles. The summed E-state index contributed by atoms with van der Waals surface area (Å²) in [5, 5.41) is 1.14. The minimum atomic E-state index is -4.48. The van der Waals surface area contributed by atoms with Gasteiger partial charge in [-0.1, -0.05) is 0 Å². The van der Waals surface area contributed by atoms with Crippen molar-refractivity contribution < 1.29 is 30.4 Å². The number of halogens is 5. The number of hydrogen-bond donors (Lipinski definition) is 2. The van der Waals surface area contributed by atoms with E-state index in [-0.39, 0.29) is 36.7 Å². The van der Waals surface area contributed by atoms with Crippen LogP contribution >= 0.6 is 0 Å². The molecular formula is C18H22F5N5O3S. The van der Waals surface area contributed by atoms with Crippen LogP contribution in [0.1, 0.15) is 31.8 Å². The molecule has 2 N–H and O–H groups in total. The molecule has 1 aliphatic carbocycles. The summed E-state index contributed by atoms with van der Waals surface area (Å²) in [6.45, 7) is -0.939. The molecule has 2 aliphatic rings. The average molecular weight is 483 g/mol. The SMILES string of the molecule is CN1NC(C(F)(F)F)CCC1n1c(=O)n(C)c2cc(F)c(S(=O)(=O)NC3(CF)CC3)cc21. The zero-order valence-electron chi connectivity index (χ0n) is 17.2. The summed E-state index contributed by atoms with van der Waals surface area (Å²) in [6, 6.07) is 0.0558. The lowest BCUT2D eigenvalue weighted by atomic mass is 10.1. The van der Waals surface area contributed by atoms with Crippen LogP contribution in [0, 0.1) is 5.82 Å². The van der Waals surface area contributed by atoms with Crippen molar-refractivity contribution in [2.75, 3.05) is 13.7 Å². The summed E-state index contributed by atoms with van der Waals surface area (Å²) in [5.41, 5.74) is 0.513. The predicted octanol–water partition coefficient (Wildman–Crippen LogP) is 1.92. The van der Waals surface area contributed by atoms with Crippen LogP contribution in [0.5, 0.6) is 0 Å². The lowest BCUT2D eigenvalue weighted by Crippen LogP contribution is -2.56. The van der Waals surface area contributed by atoms with Gasteiger partial charge in [-0.2, -0.15) is 13.2 Å². The van der Waals surface area contributed by atoms with Crippen molar-refractivity contribution in [1.82, 2.24) is 24.3 Å². The van der Waals surface area contributed by atoms with E-state index < -0.39 is 57.0 Å². The van der Waals surface area contributed by atoms with E-state index in [0.29, 0.717) is 0 Å². The third-order valence-electron chi connectivity index (χ3n) is 6.11. The van der Waals surface area contributed by atoms with Gasteiger partial charge in [-0.05, 0) is 31.7 Å². The summed E-state index contributed by atoms with van der Waals surface area (Å²) in [5.74, 6) is -1.13. The molecule has 2 fully saturated rings. The summed E-state index contributed by atoms with van der Waals surface area (Å²) in [7, 11) is -1.76. The minimum absolute atomic E-state index is 0.0356. The van der Waals surface area contributed by atoms with Crippen LogP contribution in [-0.4, -0.2) is 54.0 Å². The van der Waals surface area contributed by atoms with Crippen LogP contribution in [0.4, 0.5) is 22.0 Å². The van der Waals surface area contributed by atoms with Crippen molar-refractivity contribution in [3.05, 3.63) is 28.4 Å². The van der Waals surface area contributed by atoms with E-state index in [9.17, 15) is 35.2 Å². The molecule has 1 saturated carbocycles. The Kier molecular flexibility index (Phi) is 5.42. The number of sulfonamides is 1. The van der Waals surface area contributed by atoms with Gasteiger partial charge >= 0.3 is 11.9 Å². The van der Waals surface area contributed by atoms with Crippen molar-refractivity contribution in [3.63, 3.8) is 0 Å². The predicted molar refractivity (Wildman–Crippen MR) is 104 cm³/mol. The second kappa shape index (κ2) is 7.50. The fraction of sp³-hybridized carbons (Fsp3) is 0.611. The standard InChI is InChI=1S/C18H22F5N5O3S/c1-26-11-7-10(20)13(32(30,31)25-17(9-19)5-6-17)8-12(11)28(16(26)29)15-4-3-14(18(21,22)23)24-27(15)2/h7-8,14-15,24-25H,3-6,9H2,1-2H3. The van der Waals surface area contributed by atoms with Crippen molar-refractivity contribution in [3.8, 4) is 0 Å². The molecule has 0 radical (unpaired) electrons. The Balaban J connectivity index is 1.79. The number of hydrazine groups is 1. The highest BCUT2D eigenvalue weighted by atomic mass is 32.2. The first-order chi connectivity index (χ1) is 14.8. The number of benzene rings is 1. The molecule has 1 aromatic carbocycles. The van der Waals surface area contributed by atoms with E-state index in [1.54, 1.807) is 0 Å². The molecule has 2 unspecified atom stereocenters. The second-order valence-electron chi connectivity index (χ2n) is 8.39. The van der Waals surface area contributed by atoms with Crippen LogP contribution in [0.15, 0.2) is 21.8 Å². The summed E-state index contributed by atoms with van der Waals surface area (Å²) in [6.07, 6.45) is -5.17. The molecule has 8 nitrogen and oxygen atoms in total. The quantitative estimate of drug-likeness (QED) is 0.635. The van der Waals surface area contributed by atoms with Gasteiger partial charge in [-0.25, -0.2) is 37.1 Å². The summed E-state index contributed by atoms with van der Waals surface area (Å²) in [4.78, 5) is 12.1. The normalized spacial score (nSPS) is 24.2. The first-order valence-corrected chi connectivity index (χ1v) is 11.3. The van der Waals surface area contributed by atoms with Crippen LogP contribution in [-0.2, 0) is 17.1 Å². The molecule has 0 bridgehead atoms. The molecule has 1 aromatic heterocycles. The Morgan fingerprint density at radius 2 is 1.84 bits per heavy atom. The first kappa shape index (κ1) is 23.1. The van der Waals surface area contributed by atoms with E-state index >= 15 is 0 Å². The summed E-state index contributed by atoms with van der Waals surface area (Å²) >= 11 is 0. The minimum Gasteiger partial charge on any atom is -0.295 e. The maximum absolute atomic E-state index is 14.8. The lowest BCUT2D eigenvalue weighted by Gasteiger charge is -2.39. The van der Waals surface area contributed by atoms with E-state index in [1.807, 2.05) is 0 Å². The fourth-order valence-corrected chi connectivity index (χ4v) is 5.58. The molecule has 1 saturated heterocycles. The lowest BCUT2D eigenvalue weighted by molar-refractivity contribution is -0.183.